The zero-order valence-corrected chi connectivity index (χ0v) is 10.7. The number of piperazine rings is 1. The van der Waals surface area contributed by atoms with Gasteiger partial charge in [-0.2, -0.15) is 0 Å². The van der Waals surface area contributed by atoms with Crippen LogP contribution >= 0.6 is 0 Å². The molecule has 1 aromatic carbocycles. The molecule has 1 aliphatic heterocycles. The van der Waals surface area contributed by atoms with Crippen LogP contribution in [0.4, 0.5) is 4.39 Å². The smallest absolute Gasteiger partial charge is 0.123 e. The topological polar surface area (TPSA) is 15.3 Å². The maximum absolute atomic E-state index is 13.4. The molecule has 1 N–H and O–H groups in total. The highest BCUT2D eigenvalue weighted by Gasteiger charge is 2.28. The first-order valence-corrected chi connectivity index (χ1v) is 7.03. The lowest BCUT2D eigenvalue weighted by atomic mass is 9.84. The summed E-state index contributed by atoms with van der Waals surface area (Å²) < 4.78 is 13.4. The van der Waals surface area contributed by atoms with Crippen LogP contribution in [-0.2, 0) is 0 Å². The SMILES string of the molecule is Fc1cccc(C2CNCCN2CC2CCC2)c1. The number of rotatable bonds is 3. The first-order valence-electron chi connectivity index (χ1n) is 7.03. The van der Waals surface area contributed by atoms with Crippen LogP contribution in [0.5, 0.6) is 0 Å². The summed E-state index contributed by atoms with van der Waals surface area (Å²) in [4.78, 5) is 2.54. The maximum atomic E-state index is 13.4. The molecule has 0 aromatic heterocycles. The summed E-state index contributed by atoms with van der Waals surface area (Å²) in [7, 11) is 0. The summed E-state index contributed by atoms with van der Waals surface area (Å²) in [5.41, 5.74) is 1.11. The zero-order chi connectivity index (χ0) is 12.4. The minimum Gasteiger partial charge on any atom is -0.314 e. The van der Waals surface area contributed by atoms with Crippen molar-refractivity contribution in [2.75, 3.05) is 26.2 Å². The lowest BCUT2D eigenvalue weighted by Crippen LogP contribution is -2.48. The normalized spacial score (nSPS) is 25.9. The molecule has 1 aliphatic carbocycles. The van der Waals surface area contributed by atoms with Crippen molar-refractivity contribution in [2.24, 2.45) is 5.92 Å². The van der Waals surface area contributed by atoms with Crippen LogP contribution < -0.4 is 5.32 Å². The number of hydrogen-bond donors (Lipinski definition) is 1. The number of benzene rings is 1. The Hall–Kier alpha value is -0.930. The van der Waals surface area contributed by atoms with Crippen LogP contribution in [-0.4, -0.2) is 31.1 Å². The van der Waals surface area contributed by atoms with Gasteiger partial charge in [-0.1, -0.05) is 18.6 Å². The molecule has 2 fully saturated rings. The van der Waals surface area contributed by atoms with Crippen molar-refractivity contribution >= 4 is 0 Å². The quantitative estimate of drug-likeness (QED) is 0.884. The molecule has 0 radical (unpaired) electrons. The van der Waals surface area contributed by atoms with Gasteiger partial charge in [0.1, 0.15) is 5.82 Å². The van der Waals surface area contributed by atoms with E-state index in [-0.39, 0.29) is 5.82 Å². The van der Waals surface area contributed by atoms with Crippen molar-refractivity contribution in [3.05, 3.63) is 35.6 Å². The fourth-order valence-electron chi connectivity index (χ4n) is 3.01. The lowest BCUT2D eigenvalue weighted by Gasteiger charge is -2.40. The molecule has 0 amide bonds. The summed E-state index contributed by atoms with van der Waals surface area (Å²) in [5, 5.41) is 3.43. The summed E-state index contributed by atoms with van der Waals surface area (Å²) in [6, 6.07) is 7.42. The molecule has 1 heterocycles. The highest BCUT2D eigenvalue weighted by atomic mass is 19.1. The van der Waals surface area contributed by atoms with E-state index in [1.54, 1.807) is 6.07 Å². The molecule has 1 saturated heterocycles. The van der Waals surface area contributed by atoms with Crippen molar-refractivity contribution in [3.63, 3.8) is 0 Å². The van der Waals surface area contributed by atoms with E-state index in [1.165, 1.54) is 31.9 Å². The highest BCUT2D eigenvalue weighted by Crippen LogP contribution is 2.31. The van der Waals surface area contributed by atoms with E-state index in [1.807, 2.05) is 6.07 Å². The third-order valence-corrected chi connectivity index (χ3v) is 4.31. The Bertz CT molecular complexity index is 403. The third-order valence-electron chi connectivity index (χ3n) is 4.31. The van der Waals surface area contributed by atoms with Crippen molar-refractivity contribution in [1.82, 2.24) is 10.2 Å². The predicted octanol–water partition coefficient (Wildman–Crippen LogP) is 2.57. The molecular formula is C15H21FN2. The Labute approximate surface area is 108 Å². The molecule has 18 heavy (non-hydrogen) atoms. The Kier molecular flexibility index (Phi) is 3.62. The van der Waals surface area contributed by atoms with Crippen molar-refractivity contribution in [3.8, 4) is 0 Å². The minimum atomic E-state index is -0.123. The van der Waals surface area contributed by atoms with Crippen LogP contribution in [0.15, 0.2) is 24.3 Å². The van der Waals surface area contributed by atoms with E-state index in [2.05, 4.69) is 16.3 Å². The van der Waals surface area contributed by atoms with Crippen molar-refractivity contribution < 1.29 is 4.39 Å². The monoisotopic (exact) mass is 248 g/mol. The van der Waals surface area contributed by atoms with Gasteiger partial charge in [0, 0.05) is 32.2 Å². The predicted molar refractivity (Wildman–Crippen MR) is 70.9 cm³/mol. The van der Waals surface area contributed by atoms with Gasteiger partial charge in [0.25, 0.3) is 0 Å². The van der Waals surface area contributed by atoms with Gasteiger partial charge < -0.3 is 5.32 Å². The van der Waals surface area contributed by atoms with Crippen molar-refractivity contribution in [1.29, 1.82) is 0 Å². The second-order valence-corrected chi connectivity index (χ2v) is 5.57. The van der Waals surface area contributed by atoms with Gasteiger partial charge >= 0.3 is 0 Å². The van der Waals surface area contributed by atoms with Crippen LogP contribution in [0.1, 0.15) is 30.9 Å². The van der Waals surface area contributed by atoms with E-state index < -0.39 is 0 Å². The second kappa shape index (κ2) is 5.37. The largest absolute Gasteiger partial charge is 0.314 e. The molecule has 3 heteroatoms. The van der Waals surface area contributed by atoms with E-state index in [9.17, 15) is 4.39 Å². The van der Waals surface area contributed by atoms with Crippen molar-refractivity contribution in [2.45, 2.75) is 25.3 Å². The summed E-state index contributed by atoms with van der Waals surface area (Å²) in [6.45, 7) is 4.26. The van der Waals surface area contributed by atoms with E-state index in [4.69, 9.17) is 0 Å². The zero-order valence-electron chi connectivity index (χ0n) is 10.7. The van der Waals surface area contributed by atoms with E-state index in [0.717, 1.165) is 31.1 Å². The highest BCUT2D eigenvalue weighted by molar-refractivity contribution is 5.21. The van der Waals surface area contributed by atoms with Crippen LogP contribution in [0, 0.1) is 11.7 Å². The molecule has 1 saturated carbocycles. The summed E-state index contributed by atoms with van der Waals surface area (Å²) >= 11 is 0. The Balaban J connectivity index is 1.73. The molecule has 1 aromatic rings. The fourth-order valence-corrected chi connectivity index (χ4v) is 3.01. The van der Waals surface area contributed by atoms with Gasteiger partial charge in [0.2, 0.25) is 0 Å². The Morgan fingerprint density at radius 3 is 2.94 bits per heavy atom. The first-order chi connectivity index (χ1) is 8.83. The minimum absolute atomic E-state index is 0.123. The average molecular weight is 248 g/mol. The average Bonchev–Trinajstić information content (AvgIpc) is 2.34. The standard InChI is InChI=1S/C15H21FN2/c16-14-6-2-5-13(9-14)15-10-17-7-8-18(15)11-12-3-1-4-12/h2,5-6,9,12,15,17H,1,3-4,7-8,10-11H2. The van der Waals surface area contributed by atoms with Crippen LogP contribution in [0.3, 0.4) is 0 Å². The van der Waals surface area contributed by atoms with Gasteiger partial charge in [-0.15, -0.1) is 0 Å². The molecular weight excluding hydrogens is 227 g/mol. The van der Waals surface area contributed by atoms with Gasteiger partial charge in [-0.05, 0) is 36.5 Å². The molecule has 2 aliphatic rings. The number of nitrogens with zero attached hydrogens (tertiary/aromatic N) is 1. The van der Waals surface area contributed by atoms with E-state index in [0.29, 0.717) is 6.04 Å². The summed E-state index contributed by atoms with van der Waals surface area (Å²) in [5.74, 6) is 0.751. The number of hydrogen-bond acceptors (Lipinski definition) is 2. The Morgan fingerprint density at radius 1 is 1.33 bits per heavy atom. The third kappa shape index (κ3) is 2.57. The van der Waals surface area contributed by atoms with Gasteiger partial charge in [0.05, 0.1) is 0 Å². The fraction of sp³-hybridized carbons (Fsp3) is 0.600. The lowest BCUT2D eigenvalue weighted by molar-refractivity contribution is 0.110. The maximum Gasteiger partial charge on any atom is 0.123 e. The molecule has 1 unspecified atom stereocenters. The number of halogens is 1. The molecule has 1 atom stereocenters. The van der Waals surface area contributed by atoms with Crippen LogP contribution in [0.2, 0.25) is 0 Å². The summed E-state index contributed by atoms with van der Waals surface area (Å²) in [6.07, 6.45) is 4.14. The first kappa shape index (κ1) is 12.1. The van der Waals surface area contributed by atoms with Gasteiger partial charge in [0.15, 0.2) is 0 Å². The molecule has 2 nitrogen and oxygen atoms in total. The second-order valence-electron chi connectivity index (χ2n) is 5.57. The van der Waals surface area contributed by atoms with E-state index >= 15 is 0 Å². The van der Waals surface area contributed by atoms with Gasteiger partial charge in [-0.3, -0.25) is 4.90 Å². The molecule has 0 bridgehead atoms. The van der Waals surface area contributed by atoms with Gasteiger partial charge in [-0.25, -0.2) is 4.39 Å². The Morgan fingerprint density at radius 2 is 2.22 bits per heavy atom. The molecule has 98 valence electrons. The molecule has 3 rings (SSSR count). The molecule has 0 spiro atoms. The number of nitrogens with one attached hydrogen (secondary N) is 1. The van der Waals surface area contributed by atoms with Crippen LogP contribution in [0.25, 0.3) is 0 Å².